The first kappa shape index (κ1) is 18.4. The lowest BCUT2D eigenvalue weighted by Crippen LogP contribution is -2.58. The Labute approximate surface area is 165 Å². The van der Waals surface area contributed by atoms with Gasteiger partial charge in [0.1, 0.15) is 0 Å². The van der Waals surface area contributed by atoms with Crippen molar-refractivity contribution in [3.63, 3.8) is 0 Å². The van der Waals surface area contributed by atoms with Crippen LogP contribution in [0.3, 0.4) is 0 Å². The van der Waals surface area contributed by atoms with E-state index in [1.807, 2.05) is 0 Å². The van der Waals surface area contributed by atoms with E-state index in [0.717, 1.165) is 23.8 Å². The summed E-state index contributed by atoms with van der Waals surface area (Å²) >= 11 is 0. The van der Waals surface area contributed by atoms with Gasteiger partial charge in [0.05, 0.1) is 0 Å². The summed E-state index contributed by atoms with van der Waals surface area (Å²) in [5.74, 6) is 2.07. The topological polar surface area (TPSA) is 29.1 Å². The molecular formula is C25H39NO. The molecule has 0 aromatic heterocycles. The monoisotopic (exact) mass is 369 g/mol. The number of nitrogens with one attached hydrogen (secondary N) is 1. The first-order valence-electron chi connectivity index (χ1n) is 11.5. The number of carbonyl (C=O) groups is 1. The van der Waals surface area contributed by atoms with Crippen molar-refractivity contribution in [3.05, 3.63) is 11.6 Å². The van der Waals surface area contributed by atoms with Crippen LogP contribution >= 0.6 is 0 Å². The molecule has 2 spiro atoms. The molecule has 5 saturated carbocycles. The summed E-state index contributed by atoms with van der Waals surface area (Å²) in [7, 11) is 2.16. The van der Waals surface area contributed by atoms with Gasteiger partial charge in [-0.15, -0.1) is 0 Å². The molecule has 5 rings (SSSR count). The van der Waals surface area contributed by atoms with Crippen LogP contribution in [0.15, 0.2) is 11.6 Å². The Balaban J connectivity index is 1.56. The molecule has 150 valence electrons. The van der Waals surface area contributed by atoms with E-state index in [9.17, 15) is 4.79 Å². The minimum absolute atomic E-state index is 0.114. The second kappa shape index (κ2) is 5.10. The molecule has 1 unspecified atom stereocenters. The number of hydrogen-bond donors (Lipinski definition) is 1. The predicted molar refractivity (Wildman–Crippen MR) is 110 cm³/mol. The predicted octanol–water partition coefficient (Wildman–Crippen LogP) is 5.52. The van der Waals surface area contributed by atoms with Gasteiger partial charge in [-0.3, -0.25) is 4.79 Å². The number of allylic oxidation sites excluding steroid dienone is 2. The lowest BCUT2D eigenvalue weighted by molar-refractivity contribution is -0.129. The molecule has 0 bridgehead atoms. The van der Waals surface area contributed by atoms with Crippen LogP contribution in [0.5, 0.6) is 0 Å². The van der Waals surface area contributed by atoms with E-state index in [-0.39, 0.29) is 10.8 Å². The summed E-state index contributed by atoms with van der Waals surface area (Å²) in [6, 6.07) is 0.662. The highest BCUT2D eigenvalue weighted by atomic mass is 16.1. The summed E-state index contributed by atoms with van der Waals surface area (Å²) in [6.07, 6.45) is 12.5. The Morgan fingerprint density at radius 2 is 1.63 bits per heavy atom. The smallest absolute Gasteiger partial charge is 0.159 e. The Morgan fingerprint density at radius 3 is 2.30 bits per heavy atom. The summed E-state index contributed by atoms with van der Waals surface area (Å²) in [5.41, 5.74) is 2.98. The molecule has 0 aromatic carbocycles. The highest BCUT2D eigenvalue weighted by Crippen LogP contribution is 2.88. The van der Waals surface area contributed by atoms with Gasteiger partial charge in [-0.05, 0) is 98.0 Å². The Hall–Kier alpha value is -0.630. The van der Waals surface area contributed by atoms with Crippen LogP contribution in [-0.4, -0.2) is 18.9 Å². The molecule has 0 aromatic rings. The largest absolute Gasteiger partial charge is 0.316 e. The normalized spacial score (nSPS) is 56.9. The van der Waals surface area contributed by atoms with Crippen molar-refractivity contribution in [1.29, 1.82) is 0 Å². The highest BCUT2D eigenvalue weighted by molar-refractivity contribution is 6.00. The first-order valence-corrected chi connectivity index (χ1v) is 11.5. The zero-order valence-electron chi connectivity index (χ0n) is 18.4. The number of carbonyl (C=O) groups excluding carboxylic acids is 1. The van der Waals surface area contributed by atoms with Crippen molar-refractivity contribution in [1.82, 2.24) is 5.32 Å². The van der Waals surface area contributed by atoms with Crippen LogP contribution in [0, 0.1) is 38.9 Å². The lowest BCUT2D eigenvalue weighted by Gasteiger charge is -2.62. The molecule has 0 saturated heterocycles. The van der Waals surface area contributed by atoms with E-state index in [4.69, 9.17) is 0 Å². The van der Waals surface area contributed by atoms with E-state index >= 15 is 0 Å². The van der Waals surface area contributed by atoms with Gasteiger partial charge in [-0.2, -0.15) is 0 Å². The molecule has 1 N–H and O–H groups in total. The number of rotatable bonds is 1. The van der Waals surface area contributed by atoms with E-state index in [1.54, 1.807) is 0 Å². The highest BCUT2D eigenvalue weighted by Gasteiger charge is 2.82. The van der Waals surface area contributed by atoms with Crippen molar-refractivity contribution in [3.8, 4) is 0 Å². The number of hydrogen-bond acceptors (Lipinski definition) is 2. The third-order valence-corrected chi connectivity index (χ3v) is 11.4. The maximum Gasteiger partial charge on any atom is 0.159 e. The second-order valence-electron chi connectivity index (χ2n) is 11.9. The van der Waals surface area contributed by atoms with Gasteiger partial charge in [0.15, 0.2) is 5.78 Å². The Kier molecular flexibility index (Phi) is 3.47. The van der Waals surface area contributed by atoms with Gasteiger partial charge in [0.2, 0.25) is 0 Å². The summed E-state index contributed by atoms with van der Waals surface area (Å²) < 4.78 is 0. The Bertz CT molecular complexity index is 737. The number of Topliss-reactive ketones (excluding diaryl/α,β-unsaturated/α-hetero) is 1. The molecule has 0 amide bonds. The summed E-state index contributed by atoms with van der Waals surface area (Å²) in [6.45, 7) is 12.1. The van der Waals surface area contributed by atoms with Crippen LogP contribution in [-0.2, 0) is 4.79 Å². The number of ketones is 1. The standard InChI is InChI=1S/C25H39NO/c1-7-16-17(27)14-23(5)19-9-8-18-21(2,3)20(26-6)10-11-24(18)15-25(19,24)13-12-22(16,23)4/h7,18-20,26H,8-15H2,1-6H3/t18?,19-,20-,22+,23-,24+,25-/m0/s1. The second-order valence-corrected chi connectivity index (χ2v) is 11.9. The van der Waals surface area contributed by atoms with Gasteiger partial charge in [-0.25, -0.2) is 0 Å². The molecule has 0 radical (unpaired) electrons. The maximum absolute atomic E-state index is 13.0. The quantitative estimate of drug-likeness (QED) is 0.616. The van der Waals surface area contributed by atoms with Gasteiger partial charge >= 0.3 is 0 Å². The van der Waals surface area contributed by atoms with Crippen LogP contribution in [0.2, 0.25) is 0 Å². The van der Waals surface area contributed by atoms with Crippen LogP contribution in [0.25, 0.3) is 0 Å². The van der Waals surface area contributed by atoms with Crippen molar-refractivity contribution in [2.75, 3.05) is 7.05 Å². The molecular weight excluding hydrogens is 330 g/mol. The summed E-state index contributed by atoms with van der Waals surface area (Å²) in [4.78, 5) is 13.0. The molecule has 0 heterocycles. The first-order chi connectivity index (χ1) is 12.6. The summed E-state index contributed by atoms with van der Waals surface area (Å²) in [5, 5.41) is 3.65. The molecule has 2 heteroatoms. The van der Waals surface area contributed by atoms with Gasteiger partial charge in [0, 0.05) is 17.9 Å². The van der Waals surface area contributed by atoms with Crippen molar-refractivity contribution >= 4 is 5.78 Å². The lowest BCUT2D eigenvalue weighted by atomic mass is 9.42. The van der Waals surface area contributed by atoms with E-state index in [2.05, 4.69) is 53.1 Å². The van der Waals surface area contributed by atoms with E-state index in [0.29, 0.717) is 28.1 Å². The zero-order valence-corrected chi connectivity index (χ0v) is 18.4. The fourth-order valence-corrected chi connectivity index (χ4v) is 10.0. The average molecular weight is 370 g/mol. The molecule has 5 aliphatic rings. The maximum atomic E-state index is 13.0. The third kappa shape index (κ3) is 1.77. The molecule has 0 aliphatic heterocycles. The zero-order chi connectivity index (χ0) is 19.5. The molecule has 5 fully saturated rings. The van der Waals surface area contributed by atoms with Crippen LogP contribution in [0.4, 0.5) is 0 Å². The minimum atomic E-state index is 0.114. The SMILES string of the molecule is CC=C1C(=O)C[C@@]2(C)[C@@H]3CCC4C(C)(C)[C@@H](NC)CC[C@@]45C[C@@]35CC[C@]12C. The van der Waals surface area contributed by atoms with Crippen molar-refractivity contribution in [2.45, 2.75) is 92.0 Å². The van der Waals surface area contributed by atoms with Crippen LogP contribution in [0.1, 0.15) is 86.0 Å². The van der Waals surface area contributed by atoms with Gasteiger partial charge in [0.25, 0.3) is 0 Å². The van der Waals surface area contributed by atoms with Gasteiger partial charge in [-0.1, -0.05) is 33.8 Å². The molecule has 2 nitrogen and oxygen atoms in total. The molecule has 7 atom stereocenters. The van der Waals surface area contributed by atoms with E-state index < -0.39 is 0 Å². The van der Waals surface area contributed by atoms with E-state index in [1.165, 1.54) is 44.9 Å². The molecule has 27 heavy (non-hydrogen) atoms. The number of fused-ring (bicyclic) bond motifs is 2. The Morgan fingerprint density at radius 1 is 0.963 bits per heavy atom. The van der Waals surface area contributed by atoms with Gasteiger partial charge < -0.3 is 5.32 Å². The third-order valence-electron chi connectivity index (χ3n) is 11.4. The van der Waals surface area contributed by atoms with Crippen molar-refractivity contribution < 1.29 is 4.79 Å². The molecule has 5 aliphatic carbocycles. The fraction of sp³-hybridized carbons (Fsp3) is 0.880. The van der Waals surface area contributed by atoms with Crippen LogP contribution < -0.4 is 5.32 Å². The minimum Gasteiger partial charge on any atom is -0.316 e. The fourth-order valence-electron chi connectivity index (χ4n) is 10.0. The van der Waals surface area contributed by atoms with Crippen molar-refractivity contribution in [2.24, 2.45) is 38.9 Å². The average Bonchev–Trinajstić information content (AvgIpc) is 3.21.